The lowest BCUT2D eigenvalue weighted by molar-refractivity contribution is 0.207. The summed E-state index contributed by atoms with van der Waals surface area (Å²) in [4.78, 5) is 19.2. The predicted molar refractivity (Wildman–Crippen MR) is 100 cm³/mol. The lowest BCUT2D eigenvalue weighted by Gasteiger charge is -2.23. The highest BCUT2D eigenvalue weighted by molar-refractivity contribution is 7.09. The van der Waals surface area contributed by atoms with Crippen LogP contribution in [0.2, 0.25) is 0 Å². The van der Waals surface area contributed by atoms with Crippen LogP contribution in [0.25, 0.3) is 11.0 Å². The van der Waals surface area contributed by atoms with E-state index in [2.05, 4.69) is 24.1 Å². The van der Waals surface area contributed by atoms with Gasteiger partial charge in [-0.15, -0.1) is 11.3 Å². The molecule has 25 heavy (non-hydrogen) atoms. The number of amides is 2. The number of nitrogens with one attached hydrogen (secondary N) is 1. The highest BCUT2D eigenvalue weighted by Crippen LogP contribution is 2.35. The van der Waals surface area contributed by atoms with Crippen LogP contribution in [-0.2, 0) is 6.42 Å². The van der Waals surface area contributed by atoms with Gasteiger partial charge in [-0.05, 0) is 31.4 Å². The molecule has 1 aliphatic rings. The zero-order valence-electron chi connectivity index (χ0n) is 14.4. The van der Waals surface area contributed by atoms with Crippen LogP contribution in [0.4, 0.5) is 10.5 Å². The van der Waals surface area contributed by atoms with Crippen LogP contribution in [0.3, 0.4) is 0 Å². The van der Waals surface area contributed by atoms with E-state index in [1.807, 2.05) is 28.5 Å². The summed E-state index contributed by atoms with van der Waals surface area (Å²) in [5, 5.41) is 7.08. The average Bonchev–Trinajstić information content (AvgIpc) is 3.35. The van der Waals surface area contributed by atoms with Crippen molar-refractivity contribution in [3.8, 4) is 0 Å². The number of para-hydroxylation sites is 1. The summed E-state index contributed by atoms with van der Waals surface area (Å²) in [5.74, 6) is 0.971. The molecule has 6 heteroatoms. The van der Waals surface area contributed by atoms with Crippen LogP contribution in [0.5, 0.6) is 0 Å². The average molecular weight is 355 g/mol. The van der Waals surface area contributed by atoms with E-state index in [4.69, 9.17) is 4.42 Å². The van der Waals surface area contributed by atoms with E-state index in [9.17, 15) is 4.79 Å². The Labute approximate surface area is 150 Å². The number of nitrogens with zero attached hydrogens (tertiary/aromatic N) is 2. The van der Waals surface area contributed by atoms with E-state index in [1.165, 1.54) is 0 Å². The van der Waals surface area contributed by atoms with Crippen molar-refractivity contribution in [1.29, 1.82) is 0 Å². The first-order chi connectivity index (χ1) is 12.2. The van der Waals surface area contributed by atoms with Gasteiger partial charge in [0.1, 0.15) is 10.8 Å². The lowest BCUT2D eigenvalue weighted by atomic mass is 10.1. The van der Waals surface area contributed by atoms with Crippen LogP contribution in [-0.4, -0.2) is 22.5 Å². The molecular formula is C19H21N3O2S. The highest BCUT2D eigenvalue weighted by Gasteiger charge is 2.32. The molecule has 1 saturated heterocycles. The van der Waals surface area contributed by atoms with Crippen LogP contribution < -0.4 is 5.32 Å². The summed E-state index contributed by atoms with van der Waals surface area (Å²) < 4.78 is 6.00. The van der Waals surface area contributed by atoms with Crippen molar-refractivity contribution in [2.75, 3.05) is 11.9 Å². The Bertz CT molecular complexity index is 901. The van der Waals surface area contributed by atoms with Gasteiger partial charge in [-0.25, -0.2) is 9.78 Å². The number of hydrogen-bond donors (Lipinski definition) is 1. The lowest BCUT2D eigenvalue weighted by Crippen LogP contribution is -2.34. The van der Waals surface area contributed by atoms with Gasteiger partial charge in [0.15, 0.2) is 5.58 Å². The van der Waals surface area contributed by atoms with E-state index in [0.29, 0.717) is 0 Å². The van der Waals surface area contributed by atoms with Gasteiger partial charge in [0.2, 0.25) is 0 Å². The van der Waals surface area contributed by atoms with E-state index in [0.717, 1.165) is 58.8 Å². The molecule has 3 aromatic rings. The summed E-state index contributed by atoms with van der Waals surface area (Å²) in [7, 11) is 0. The predicted octanol–water partition coefficient (Wildman–Crippen LogP) is 5.13. The largest absolute Gasteiger partial charge is 0.459 e. The van der Waals surface area contributed by atoms with Crippen molar-refractivity contribution < 1.29 is 9.21 Å². The first kappa shape index (κ1) is 16.1. The smallest absolute Gasteiger partial charge is 0.322 e. The first-order valence-corrected chi connectivity index (χ1v) is 9.55. The molecule has 1 N–H and O–H groups in total. The maximum Gasteiger partial charge on any atom is 0.322 e. The molecule has 0 aliphatic carbocycles. The topological polar surface area (TPSA) is 58.4 Å². The third-order valence-electron chi connectivity index (χ3n) is 4.88. The molecule has 3 heterocycles. The van der Waals surface area contributed by atoms with Gasteiger partial charge in [-0.3, -0.25) is 0 Å². The minimum atomic E-state index is -0.0858. The summed E-state index contributed by atoms with van der Waals surface area (Å²) >= 11 is 1.61. The third kappa shape index (κ3) is 2.80. The van der Waals surface area contributed by atoms with Gasteiger partial charge < -0.3 is 14.6 Å². The molecule has 130 valence electrons. The summed E-state index contributed by atoms with van der Waals surface area (Å²) in [6, 6.07) is 5.89. The standard InChI is InChI=1S/C19H21N3O2S/c1-3-16-12(2)13-6-4-7-14(17(13)24-16)21-19(23)22-10-5-8-15(22)18-20-9-11-25-18/h4,6-7,9,11,15H,3,5,8,10H2,1-2H3,(H,21,23)/t15-/m0/s1. The Balaban J connectivity index is 1.62. The van der Waals surface area contributed by atoms with Crippen molar-refractivity contribution in [3.05, 3.63) is 46.1 Å². The Kier molecular flexibility index (Phi) is 4.21. The molecule has 0 spiro atoms. The maximum atomic E-state index is 12.9. The summed E-state index contributed by atoms with van der Waals surface area (Å²) in [5.41, 5.74) is 2.64. The Morgan fingerprint density at radius 1 is 1.48 bits per heavy atom. The molecule has 5 nitrogen and oxygen atoms in total. The zero-order valence-corrected chi connectivity index (χ0v) is 15.2. The minimum absolute atomic E-state index is 0.0729. The minimum Gasteiger partial charge on any atom is -0.459 e. The number of benzene rings is 1. The maximum absolute atomic E-state index is 12.9. The summed E-state index contributed by atoms with van der Waals surface area (Å²) in [6.45, 7) is 4.89. The van der Waals surface area contributed by atoms with Crippen molar-refractivity contribution in [1.82, 2.24) is 9.88 Å². The van der Waals surface area contributed by atoms with E-state index in [-0.39, 0.29) is 12.1 Å². The number of rotatable bonds is 3. The number of aromatic nitrogens is 1. The van der Waals surface area contributed by atoms with Gasteiger partial charge in [0, 0.05) is 29.9 Å². The number of carbonyl (C=O) groups is 1. The number of anilines is 1. The molecule has 4 rings (SSSR count). The number of fused-ring (bicyclic) bond motifs is 1. The molecule has 0 unspecified atom stereocenters. The van der Waals surface area contributed by atoms with Crippen LogP contribution in [0.15, 0.2) is 34.2 Å². The Hall–Kier alpha value is -2.34. The first-order valence-electron chi connectivity index (χ1n) is 8.67. The number of furan rings is 1. The van der Waals surface area contributed by atoms with Gasteiger partial charge in [-0.2, -0.15) is 0 Å². The Morgan fingerprint density at radius 2 is 2.36 bits per heavy atom. The quantitative estimate of drug-likeness (QED) is 0.708. The second-order valence-corrected chi connectivity index (χ2v) is 7.26. The van der Waals surface area contributed by atoms with Crippen LogP contribution in [0, 0.1) is 6.92 Å². The number of urea groups is 1. The molecule has 1 aromatic carbocycles. The van der Waals surface area contributed by atoms with Crippen molar-refractivity contribution >= 4 is 34.0 Å². The van der Waals surface area contributed by atoms with Gasteiger partial charge >= 0.3 is 6.03 Å². The molecular weight excluding hydrogens is 334 g/mol. The zero-order chi connectivity index (χ0) is 17.4. The van der Waals surface area contributed by atoms with Gasteiger partial charge in [-0.1, -0.05) is 19.1 Å². The number of likely N-dealkylation sites (tertiary alicyclic amines) is 1. The van der Waals surface area contributed by atoms with E-state index >= 15 is 0 Å². The van der Waals surface area contributed by atoms with E-state index < -0.39 is 0 Å². The summed E-state index contributed by atoms with van der Waals surface area (Å²) in [6.07, 6.45) is 4.60. The van der Waals surface area contributed by atoms with Crippen LogP contribution in [0.1, 0.15) is 42.1 Å². The molecule has 0 radical (unpaired) electrons. The van der Waals surface area contributed by atoms with E-state index in [1.54, 1.807) is 17.5 Å². The molecule has 0 saturated carbocycles. The third-order valence-corrected chi connectivity index (χ3v) is 5.75. The number of thiazole rings is 1. The van der Waals surface area contributed by atoms with Crippen molar-refractivity contribution in [2.24, 2.45) is 0 Å². The fourth-order valence-corrected chi connectivity index (χ4v) is 4.37. The second-order valence-electron chi connectivity index (χ2n) is 6.34. The molecule has 1 aliphatic heterocycles. The van der Waals surface area contributed by atoms with Gasteiger partial charge in [0.05, 0.1) is 11.7 Å². The molecule has 2 aromatic heterocycles. The fraction of sp³-hybridized carbons (Fsp3) is 0.368. The highest BCUT2D eigenvalue weighted by atomic mass is 32.1. The number of hydrogen-bond acceptors (Lipinski definition) is 4. The number of carbonyl (C=O) groups excluding carboxylic acids is 1. The molecule has 2 amide bonds. The monoisotopic (exact) mass is 355 g/mol. The van der Waals surface area contributed by atoms with Crippen LogP contribution >= 0.6 is 11.3 Å². The fourth-order valence-electron chi connectivity index (χ4n) is 3.58. The SMILES string of the molecule is CCc1oc2c(NC(=O)N3CCC[C@H]3c3nccs3)cccc2c1C. The Morgan fingerprint density at radius 3 is 3.12 bits per heavy atom. The molecule has 0 bridgehead atoms. The molecule has 1 atom stereocenters. The number of aryl methyl sites for hydroxylation is 2. The van der Waals surface area contributed by atoms with Crippen molar-refractivity contribution in [3.63, 3.8) is 0 Å². The van der Waals surface area contributed by atoms with Gasteiger partial charge in [0.25, 0.3) is 0 Å². The molecule has 1 fully saturated rings. The second kappa shape index (κ2) is 6.52. The van der Waals surface area contributed by atoms with Crippen molar-refractivity contribution in [2.45, 2.75) is 39.2 Å². The normalized spacial score (nSPS) is 17.4.